The maximum atomic E-state index is 11.3. The van der Waals surface area contributed by atoms with Crippen LogP contribution in [-0.4, -0.2) is 11.9 Å². The van der Waals surface area contributed by atoms with Gasteiger partial charge in [-0.1, -0.05) is 24.1 Å². The van der Waals surface area contributed by atoms with Crippen molar-refractivity contribution in [3.8, 4) is 0 Å². The summed E-state index contributed by atoms with van der Waals surface area (Å²) < 4.78 is 0. The summed E-state index contributed by atoms with van der Waals surface area (Å²) in [5.74, 6) is 0.0844. The van der Waals surface area contributed by atoms with Crippen LogP contribution in [0.3, 0.4) is 0 Å². The Bertz CT molecular complexity index is 390. The third-order valence-corrected chi connectivity index (χ3v) is 3.31. The van der Waals surface area contributed by atoms with Crippen molar-refractivity contribution >= 4 is 23.2 Å². The average Bonchev–Trinajstić information content (AvgIpc) is 2.14. The van der Waals surface area contributed by atoms with Crippen LogP contribution < -0.4 is 11.1 Å². The smallest absolute Gasteiger partial charge is 0.240 e. The molecule has 0 spiro atoms. The van der Waals surface area contributed by atoms with E-state index in [1.54, 1.807) is 12.1 Å². The number of nitrogens with two attached hydrogens (primary N) is 1. The Kier molecular flexibility index (Phi) is 3.34. The fourth-order valence-corrected chi connectivity index (χ4v) is 2.14. The molecule has 2 rings (SSSR count). The molecule has 16 heavy (non-hydrogen) atoms. The van der Waals surface area contributed by atoms with E-state index in [0.717, 1.165) is 18.5 Å². The van der Waals surface area contributed by atoms with E-state index in [1.165, 1.54) is 6.42 Å². The van der Waals surface area contributed by atoms with Gasteiger partial charge in [-0.2, -0.15) is 0 Å². The highest BCUT2D eigenvalue weighted by Gasteiger charge is 2.31. The molecule has 1 atom stereocenters. The summed E-state index contributed by atoms with van der Waals surface area (Å²) in [4.78, 5) is 11.3. The van der Waals surface area contributed by atoms with E-state index in [-0.39, 0.29) is 11.9 Å². The molecular formula is C12H15ClN2O. The van der Waals surface area contributed by atoms with Crippen molar-refractivity contribution in [3.63, 3.8) is 0 Å². The molecule has 0 heterocycles. The predicted octanol–water partition coefficient (Wildman–Crippen LogP) is 2.41. The summed E-state index contributed by atoms with van der Waals surface area (Å²) in [6.07, 6.45) is 3.33. The van der Waals surface area contributed by atoms with Crippen molar-refractivity contribution in [2.45, 2.75) is 25.3 Å². The molecule has 1 saturated carbocycles. The number of amides is 1. The lowest BCUT2D eigenvalue weighted by atomic mass is 9.79. The van der Waals surface area contributed by atoms with Gasteiger partial charge in [0.15, 0.2) is 0 Å². The van der Waals surface area contributed by atoms with Crippen LogP contribution in [0, 0.1) is 5.92 Å². The molecule has 0 aliphatic heterocycles. The van der Waals surface area contributed by atoms with Crippen LogP contribution >= 0.6 is 11.6 Å². The largest absolute Gasteiger partial charge is 0.373 e. The van der Waals surface area contributed by atoms with E-state index < -0.39 is 0 Å². The number of nitrogens with one attached hydrogen (secondary N) is 1. The molecule has 86 valence electrons. The first-order chi connectivity index (χ1) is 7.66. The van der Waals surface area contributed by atoms with Crippen molar-refractivity contribution in [1.82, 2.24) is 0 Å². The quantitative estimate of drug-likeness (QED) is 0.847. The second-order valence-corrected chi connectivity index (χ2v) is 4.66. The summed E-state index contributed by atoms with van der Waals surface area (Å²) >= 11 is 5.88. The number of anilines is 1. The fourth-order valence-electron chi connectivity index (χ4n) is 1.95. The predicted molar refractivity (Wildman–Crippen MR) is 65.4 cm³/mol. The van der Waals surface area contributed by atoms with Crippen LogP contribution in [0.1, 0.15) is 19.3 Å². The van der Waals surface area contributed by atoms with Gasteiger partial charge in [-0.05, 0) is 37.0 Å². The highest BCUT2D eigenvalue weighted by molar-refractivity contribution is 6.30. The summed E-state index contributed by atoms with van der Waals surface area (Å²) in [5.41, 5.74) is 6.25. The van der Waals surface area contributed by atoms with E-state index in [1.807, 2.05) is 12.1 Å². The zero-order valence-corrected chi connectivity index (χ0v) is 9.70. The van der Waals surface area contributed by atoms with Gasteiger partial charge in [0.25, 0.3) is 0 Å². The fraction of sp³-hybridized carbons (Fsp3) is 0.417. The number of hydrogen-bond acceptors (Lipinski definition) is 2. The van der Waals surface area contributed by atoms with Gasteiger partial charge in [0.2, 0.25) is 5.91 Å². The van der Waals surface area contributed by atoms with Crippen molar-refractivity contribution in [2.24, 2.45) is 11.7 Å². The van der Waals surface area contributed by atoms with Gasteiger partial charge in [0.05, 0.1) is 0 Å². The number of hydrogen-bond donors (Lipinski definition) is 2. The molecule has 1 amide bonds. The zero-order chi connectivity index (χ0) is 11.5. The first-order valence-electron chi connectivity index (χ1n) is 5.48. The van der Waals surface area contributed by atoms with Gasteiger partial charge in [-0.15, -0.1) is 0 Å². The molecule has 0 bridgehead atoms. The van der Waals surface area contributed by atoms with Gasteiger partial charge in [-0.3, -0.25) is 4.79 Å². The molecule has 1 aliphatic carbocycles. The lowest BCUT2D eigenvalue weighted by molar-refractivity contribution is -0.120. The van der Waals surface area contributed by atoms with E-state index >= 15 is 0 Å². The van der Waals surface area contributed by atoms with Gasteiger partial charge in [0, 0.05) is 10.7 Å². The number of primary amides is 1. The Labute approximate surface area is 100.0 Å². The summed E-state index contributed by atoms with van der Waals surface area (Å²) in [6.45, 7) is 0. The zero-order valence-electron chi connectivity index (χ0n) is 8.95. The topological polar surface area (TPSA) is 55.1 Å². The molecule has 1 aromatic carbocycles. The van der Waals surface area contributed by atoms with E-state index in [4.69, 9.17) is 17.3 Å². The molecule has 4 heteroatoms. The third kappa shape index (κ3) is 2.47. The van der Waals surface area contributed by atoms with Crippen LogP contribution in [0.4, 0.5) is 5.69 Å². The Hall–Kier alpha value is -1.22. The van der Waals surface area contributed by atoms with Gasteiger partial charge < -0.3 is 11.1 Å². The molecule has 0 saturated heterocycles. The maximum absolute atomic E-state index is 11.3. The average molecular weight is 239 g/mol. The highest BCUT2D eigenvalue weighted by Crippen LogP contribution is 2.31. The SMILES string of the molecule is NC(=O)C(Nc1cccc(Cl)c1)C1CCC1. The van der Waals surface area contributed by atoms with Crippen molar-refractivity contribution < 1.29 is 4.79 Å². The van der Waals surface area contributed by atoms with E-state index in [0.29, 0.717) is 10.9 Å². The minimum Gasteiger partial charge on any atom is -0.373 e. The van der Waals surface area contributed by atoms with Gasteiger partial charge in [-0.25, -0.2) is 0 Å². The number of halogens is 1. The second kappa shape index (κ2) is 4.74. The minimum atomic E-state index is -0.287. The van der Waals surface area contributed by atoms with Crippen LogP contribution in [0.15, 0.2) is 24.3 Å². The molecule has 3 N–H and O–H groups in total. The molecule has 1 aromatic rings. The van der Waals surface area contributed by atoms with Crippen LogP contribution in [0.25, 0.3) is 0 Å². The lowest BCUT2D eigenvalue weighted by Crippen LogP contribution is -2.44. The molecule has 0 aromatic heterocycles. The lowest BCUT2D eigenvalue weighted by Gasteiger charge is -2.32. The van der Waals surface area contributed by atoms with Gasteiger partial charge in [0.1, 0.15) is 6.04 Å². The number of carbonyl (C=O) groups is 1. The summed E-state index contributed by atoms with van der Waals surface area (Å²) in [7, 11) is 0. The van der Waals surface area contributed by atoms with Crippen molar-refractivity contribution in [3.05, 3.63) is 29.3 Å². The Morgan fingerprint density at radius 3 is 2.75 bits per heavy atom. The second-order valence-electron chi connectivity index (χ2n) is 4.23. The summed E-state index contributed by atoms with van der Waals surface area (Å²) in [5, 5.41) is 3.82. The summed E-state index contributed by atoms with van der Waals surface area (Å²) in [6, 6.07) is 7.07. The van der Waals surface area contributed by atoms with Gasteiger partial charge >= 0.3 is 0 Å². The van der Waals surface area contributed by atoms with E-state index in [9.17, 15) is 4.79 Å². The molecule has 3 nitrogen and oxygen atoms in total. The first-order valence-corrected chi connectivity index (χ1v) is 5.86. The third-order valence-electron chi connectivity index (χ3n) is 3.07. The maximum Gasteiger partial charge on any atom is 0.240 e. The molecule has 0 radical (unpaired) electrons. The Balaban J connectivity index is 2.07. The monoisotopic (exact) mass is 238 g/mol. The highest BCUT2D eigenvalue weighted by atomic mass is 35.5. The Morgan fingerprint density at radius 1 is 1.50 bits per heavy atom. The van der Waals surface area contributed by atoms with E-state index in [2.05, 4.69) is 5.32 Å². The number of benzene rings is 1. The molecule has 1 aliphatic rings. The van der Waals surface area contributed by atoms with Crippen molar-refractivity contribution in [2.75, 3.05) is 5.32 Å². The van der Waals surface area contributed by atoms with Crippen LogP contribution in [0.2, 0.25) is 5.02 Å². The number of rotatable bonds is 4. The normalized spacial score (nSPS) is 17.6. The molecular weight excluding hydrogens is 224 g/mol. The Morgan fingerprint density at radius 2 is 2.25 bits per heavy atom. The minimum absolute atomic E-state index is 0.271. The van der Waals surface area contributed by atoms with Crippen LogP contribution in [-0.2, 0) is 4.79 Å². The standard InChI is InChI=1S/C12H15ClN2O/c13-9-5-2-6-10(7-9)15-11(12(14)16)8-3-1-4-8/h2,5-8,11,15H,1,3-4H2,(H2,14,16). The molecule has 1 unspecified atom stereocenters. The molecule has 1 fully saturated rings. The van der Waals surface area contributed by atoms with Crippen LogP contribution in [0.5, 0.6) is 0 Å². The first kappa shape index (κ1) is 11.3. The van der Waals surface area contributed by atoms with Crippen molar-refractivity contribution in [1.29, 1.82) is 0 Å². The number of carbonyl (C=O) groups excluding carboxylic acids is 1.